The first-order valence-corrected chi connectivity index (χ1v) is 8.38. The van der Waals surface area contributed by atoms with Gasteiger partial charge in [0.2, 0.25) is 0 Å². The highest BCUT2D eigenvalue weighted by molar-refractivity contribution is 5.83. The quantitative estimate of drug-likeness (QED) is 0.765. The SMILES string of the molecule is CN(CCC(=O)OC(C)(C)C)[C@H](CO)Cc1c[nH]c2ccccc12. The monoisotopic (exact) mass is 332 g/mol. The number of hydrogen-bond donors (Lipinski definition) is 2. The number of carbonyl (C=O) groups is 1. The molecular weight excluding hydrogens is 304 g/mol. The first-order chi connectivity index (χ1) is 11.3. The van der Waals surface area contributed by atoms with Crippen molar-refractivity contribution in [3.05, 3.63) is 36.0 Å². The third-order valence-electron chi connectivity index (χ3n) is 4.05. The number of para-hydroxylation sites is 1. The number of likely N-dealkylation sites (N-methyl/N-ethyl adjacent to an activating group) is 1. The van der Waals surface area contributed by atoms with Crippen LogP contribution in [0.2, 0.25) is 0 Å². The Morgan fingerprint density at radius 3 is 2.71 bits per heavy atom. The van der Waals surface area contributed by atoms with Crippen LogP contribution in [0.1, 0.15) is 32.8 Å². The largest absolute Gasteiger partial charge is 0.460 e. The second-order valence-electron chi connectivity index (χ2n) is 7.22. The molecule has 0 fully saturated rings. The van der Waals surface area contributed by atoms with Crippen LogP contribution in [-0.4, -0.2) is 52.8 Å². The smallest absolute Gasteiger partial charge is 0.307 e. The van der Waals surface area contributed by atoms with Gasteiger partial charge < -0.3 is 19.7 Å². The van der Waals surface area contributed by atoms with Crippen LogP contribution < -0.4 is 0 Å². The Hall–Kier alpha value is -1.85. The van der Waals surface area contributed by atoms with Crippen molar-refractivity contribution in [3.8, 4) is 0 Å². The second kappa shape index (κ2) is 7.81. The summed E-state index contributed by atoms with van der Waals surface area (Å²) in [6, 6.07) is 8.10. The predicted octanol–water partition coefficient (Wildman–Crippen LogP) is 2.73. The summed E-state index contributed by atoms with van der Waals surface area (Å²) in [7, 11) is 1.93. The molecule has 0 aliphatic rings. The van der Waals surface area contributed by atoms with E-state index >= 15 is 0 Å². The highest BCUT2D eigenvalue weighted by Gasteiger charge is 2.20. The number of aliphatic hydroxyl groups excluding tert-OH is 1. The van der Waals surface area contributed by atoms with Crippen LogP contribution in [0, 0.1) is 0 Å². The molecule has 24 heavy (non-hydrogen) atoms. The lowest BCUT2D eigenvalue weighted by molar-refractivity contribution is -0.155. The van der Waals surface area contributed by atoms with Crippen LogP contribution >= 0.6 is 0 Å². The van der Waals surface area contributed by atoms with E-state index in [4.69, 9.17) is 4.74 Å². The normalized spacial score (nSPS) is 13.4. The molecule has 1 atom stereocenters. The first kappa shape index (κ1) is 18.5. The zero-order valence-electron chi connectivity index (χ0n) is 15.0. The molecule has 2 aromatic rings. The van der Waals surface area contributed by atoms with Gasteiger partial charge in [0, 0.05) is 29.7 Å². The Morgan fingerprint density at radius 2 is 2.04 bits per heavy atom. The fraction of sp³-hybridized carbons (Fsp3) is 0.526. The van der Waals surface area contributed by atoms with E-state index in [9.17, 15) is 9.90 Å². The lowest BCUT2D eigenvalue weighted by Gasteiger charge is -2.27. The molecule has 0 radical (unpaired) electrons. The molecule has 2 N–H and O–H groups in total. The van der Waals surface area contributed by atoms with Crippen molar-refractivity contribution >= 4 is 16.9 Å². The standard InChI is InChI=1S/C19H28N2O3/c1-19(2,3)24-18(23)9-10-21(4)15(13-22)11-14-12-20-17-8-6-5-7-16(14)17/h5-8,12,15,20,22H,9-11,13H2,1-4H3/t15-/m0/s1. The van der Waals surface area contributed by atoms with Crippen molar-refractivity contribution < 1.29 is 14.6 Å². The molecule has 0 amide bonds. The number of esters is 1. The van der Waals surface area contributed by atoms with Gasteiger partial charge >= 0.3 is 5.97 Å². The van der Waals surface area contributed by atoms with Crippen LogP contribution in [0.15, 0.2) is 30.5 Å². The molecule has 0 unspecified atom stereocenters. The van der Waals surface area contributed by atoms with Crippen molar-refractivity contribution in [2.45, 2.75) is 45.3 Å². The second-order valence-corrected chi connectivity index (χ2v) is 7.22. The van der Waals surface area contributed by atoms with E-state index < -0.39 is 5.60 Å². The number of aliphatic hydroxyl groups is 1. The minimum absolute atomic E-state index is 0.0355. The van der Waals surface area contributed by atoms with Crippen LogP contribution in [0.3, 0.4) is 0 Å². The molecule has 132 valence electrons. The topological polar surface area (TPSA) is 65.6 Å². The summed E-state index contributed by atoms with van der Waals surface area (Å²) >= 11 is 0. The number of nitrogens with one attached hydrogen (secondary N) is 1. The Bertz CT molecular complexity index is 673. The summed E-state index contributed by atoms with van der Waals surface area (Å²) in [4.78, 5) is 17.1. The van der Waals surface area contributed by atoms with Crippen molar-refractivity contribution in [2.24, 2.45) is 0 Å². The van der Waals surface area contributed by atoms with Gasteiger partial charge in [-0.15, -0.1) is 0 Å². The average Bonchev–Trinajstić information content (AvgIpc) is 2.91. The lowest BCUT2D eigenvalue weighted by Crippen LogP contribution is -2.38. The molecule has 0 aliphatic carbocycles. The van der Waals surface area contributed by atoms with Gasteiger partial charge in [-0.1, -0.05) is 18.2 Å². The minimum Gasteiger partial charge on any atom is -0.460 e. The maximum Gasteiger partial charge on any atom is 0.307 e. The predicted molar refractivity (Wildman–Crippen MR) is 96.0 cm³/mol. The van der Waals surface area contributed by atoms with E-state index in [2.05, 4.69) is 11.1 Å². The highest BCUT2D eigenvalue weighted by atomic mass is 16.6. The summed E-state index contributed by atoms with van der Waals surface area (Å²) in [6.07, 6.45) is 3.04. The first-order valence-electron chi connectivity index (χ1n) is 8.38. The molecule has 1 aromatic carbocycles. The van der Waals surface area contributed by atoms with E-state index in [0.717, 1.165) is 11.9 Å². The molecule has 0 saturated carbocycles. The average molecular weight is 332 g/mol. The number of benzene rings is 1. The molecule has 2 rings (SSSR count). The highest BCUT2D eigenvalue weighted by Crippen LogP contribution is 2.20. The molecule has 1 aromatic heterocycles. The van der Waals surface area contributed by atoms with E-state index in [1.807, 2.05) is 57.1 Å². The molecule has 0 bridgehead atoms. The van der Waals surface area contributed by atoms with Gasteiger partial charge in [-0.3, -0.25) is 4.79 Å². The van der Waals surface area contributed by atoms with Gasteiger partial charge in [-0.25, -0.2) is 0 Å². The zero-order valence-corrected chi connectivity index (χ0v) is 15.0. The third-order valence-corrected chi connectivity index (χ3v) is 4.05. The summed E-state index contributed by atoms with van der Waals surface area (Å²) in [5.41, 5.74) is 1.81. The van der Waals surface area contributed by atoms with E-state index in [0.29, 0.717) is 13.0 Å². The number of rotatable bonds is 7. The van der Waals surface area contributed by atoms with Crippen molar-refractivity contribution in [1.82, 2.24) is 9.88 Å². The number of hydrogen-bond acceptors (Lipinski definition) is 4. The maximum atomic E-state index is 11.8. The van der Waals surface area contributed by atoms with Gasteiger partial charge in [0.05, 0.1) is 13.0 Å². The molecule has 0 spiro atoms. The molecule has 1 heterocycles. The Balaban J connectivity index is 1.94. The van der Waals surface area contributed by atoms with Crippen molar-refractivity contribution in [3.63, 3.8) is 0 Å². The molecule has 0 saturated heterocycles. The van der Waals surface area contributed by atoms with Crippen molar-refractivity contribution in [1.29, 1.82) is 0 Å². The van der Waals surface area contributed by atoms with E-state index in [-0.39, 0.29) is 18.6 Å². The number of H-pyrrole nitrogens is 1. The van der Waals surface area contributed by atoms with Crippen molar-refractivity contribution in [2.75, 3.05) is 20.2 Å². The van der Waals surface area contributed by atoms with Gasteiger partial charge in [0.25, 0.3) is 0 Å². The Kier molecular flexibility index (Phi) is 6.02. The van der Waals surface area contributed by atoms with E-state index in [1.54, 1.807) is 0 Å². The number of nitrogens with zero attached hydrogens (tertiary/aromatic N) is 1. The molecule has 5 nitrogen and oxygen atoms in total. The lowest BCUT2D eigenvalue weighted by atomic mass is 10.0. The maximum absolute atomic E-state index is 11.8. The fourth-order valence-corrected chi connectivity index (χ4v) is 2.76. The van der Waals surface area contributed by atoms with Crippen LogP contribution in [0.4, 0.5) is 0 Å². The number of ether oxygens (including phenoxy) is 1. The third kappa shape index (κ3) is 5.08. The van der Waals surface area contributed by atoms with Gasteiger partial charge in [0.1, 0.15) is 5.60 Å². The number of aromatic nitrogens is 1. The van der Waals surface area contributed by atoms with Crippen LogP contribution in [0.25, 0.3) is 10.9 Å². The number of aromatic amines is 1. The summed E-state index contributed by atoms with van der Waals surface area (Å²) in [5.74, 6) is -0.210. The van der Waals surface area contributed by atoms with Gasteiger partial charge in [-0.2, -0.15) is 0 Å². The zero-order chi connectivity index (χ0) is 17.7. The Morgan fingerprint density at radius 1 is 1.33 bits per heavy atom. The number of carbonyl (C=O) groups excluding carboxylic acids is 1. The number of fused-ring (bicyclic) bond motifs is 1. The Labute approximate surface area is 143 Å². The molecule has 0 aliphatic heterocycles. The summed E-state index contributed by atoms with van der Waals surface area (Å²) in [5, 5.41) is 10.9. The summed E-state index contributed by atoms with van der Waals surface area (Å²) in [6.45, 7) is 6.19. The van der Waals surface area contributed by atoms with Gasteiger partial charge in [0.15, 0.2) is 0 Å². The van der Waals surface area contributed by atoms with Crippen LogP contribution in [0.5, 0.6) is 0 Å². The minimum atomic E-state index is -0.462. The van der Waals surface area contributed by atoms with E-state index in [1.165, 1.54) is 10.9 Å². The van der Waals surface area contributed by atoms with Gasteiger partial charge in [-0.05, 0) is 45.9 Å². The molecule has 5 heteroatoms. The van der Waals surface area contributed by atoms with Crippen LogP contribution in [-0.2, 0) is 16.0 Å². The summed E-state index contributed by atoms with van der Waals surface area (Å²) < 4.78 is 5.33. The molecular formula is C19H28N2O3. The fourth-order valence-electron chi connectivity index (χ4n) is 2.76.